The van der Waals surface area contributed by atoms with E-state index in [0.29, 0.717) is 6.54 Å². The minimum Gasteiger partial charge on any atom is -0.385 e. The summed E-state index contributed by atoms with van der Waals surface area (Å²) in [5.74, 6) is -0.0297. The monoisotopic (exact) mass is 284 g/mol. The number of unbranched alkanes of at least 4 members (excludes halogenated alkanes) is 2. The fraction of sp³-hybridized carbons (Fsp3) is 0.867. The van der Waals surface area contributed by atoms with E-state index in [9.17, 15) is 9.59 Å². The first-order valence-corrected chi connectivity index (χ1v) is 7.74. The summed E-state index contributed by atoms with van der Waals surface area (Å²) in [5.41, 5.74) is -0.646. The topological polar surface area (TPSA) is 58.6 Å². The van der Waals surface area contributed by atoms with E-state index in [1.54, 1.807) is 7.11 Å². The molecule has 1 fully saturated rings. The Balaban J connectivity index is 2.56. The second-order valence-electron chi connectivity index (χ2n) is 5.52. The molecule has 0 bridgehead atoms. The van der Waals surface area contributed by atoms with Crippen molar-refractivity contribution in [3.8, 4) is 0 Å². The van der Waals surface area contributed by atoms with Gasteiger partial charge in [-0.2, -0.15) is 0 Å². The molecule has 0 aromatic carbocycles. The Morgan fingerprint density at radius 3 is 2.30 bits per heavy atom. The van der Waals surface area contributed by atoms with Crippen molar-refractivity contribution in [2.24, 2.45) is 0 Å². The van der Waals surface area contributed by atoms with Gasteiger partial charge in [-0.25, -0.2) is 4.79 Å². The van der Waals surface area contributed by atoms with Gasteiger partial charge < -0.3 is 10.1 Å². The maximum absolute atomic E-state index is 12.6. The number of ether oxygens (including phenoxy) is 1. The predicted octanol–water partition coefficient (Wildman–Crippen LogP) is 2.69. The molecule has 1 heterocycles. The maximum atomic E-state index is 12.6. The maximum Gasteiger partial charge on any atom is 0.325 e. The molecule has 0 saturated carbocycles. The van der Waals surface area contributed by atoms with Crippen LogP contribution in [0.15, 0.2) is 0 Å². The van der Waals surface area contributed by atoms with Crippen molar-refractivity contribution in [2.45, 2.75) is 64.3 Å². The molecule has 5 heteroatoms. The van der Waals surface area contributed by atoms with Crippen LogP contribution in [0, 0.1) is 0 Å². The lowest BCUT2D eigenvalue weighted by atomic mass is 9.88. The Morgan fingerprint density at radius 1 is 1.10 bits per heavy atom. The lowest BCUT2D eigenvalue weighted by Gasteiger charge is -2.25. The van der Waals surface area contributed by atoms with E-state index in [-0.39, 0.29) is 11.9 Å². The summed E-state index contributed by atoms with van der Waals surface area (Å²) in [6.07, 6.45) is 6.03. The van der Waals surface area contributed by atoms with Crippen molar-refractivity contribution >= 4 is 11.9 Å². The smallest absolute Gasteiger partial charge is 0.325 e. The Labute approximate surface area is 122 Å². The summed E-state index contributed by atoms with van der Waals surface area (Å²) >= 11 is 0. The van der Waals surface area contributed by atoms with Crippen molar-refractivity contribution in [1.82, 2.24) is 10.2 Å². The number of carbonyl (C=O) groups is 2. The number of methoxy groups -OCH3 is 1. The molecule has 20 heavy (non-hydrogen) atoms. The second kappa shape index (κ2) is 8.25. The van der Waals surface area contributed by atoms with Crippen molar-refractivity contribution in [3.63, 3.8) is 0 Å². The highest BCUT2D eigenvalue weighted by Crippen LogP contribution is 2.28. The molecular weight excluding hydrogens is 256 g/mol. The van der Waals surface area contributed by atoms with Gasteiger partial charge in [0.2, 0.25) is 0 Å². The quantitative estimate of drug-likeness (QED) is 0.495. The Morgan fingerprint density at radius 2 is 1.75 bits per heavy atom. The van der Waals surface area contributed by atoms with E-state index in [2.05, 4.69) is 5.32 Å². The van der Waals surface area contributed by atoms with Gasteiger partial charge in [-0.05, 0) is 32.1 Å². The predicted molar refractivity (Wildman–Crippen MR) is 78.5 cm³/mol. The largest absolute Gasteiger partial charge is 0.385 e. The van der Waals surface area contributed by atoms with Gasteiger partial charge in [0.05, 0.1) is 0 Å². The van der Waals surface area contributed by atoms with Gasteiger partial charge in [0.1, 0.15) is 5.54 Å². The first-order chi connectivity index (χ1) is 9.61. The van der Waals surface area contributed by atoms with Crippen LogP contribution in [0.1, 0.15) is 58.8 Å². The van der Waals surface area contributed by atoms with Crippen LogP contribution in [0.3, 0.4) is 0 Å². The summed E-state index contributed by atoms with van der Waals surface area (Å²) in [7, 11) is 1.68. The van der Waals surface area contributed by atoms with Crippen molar-refractivity contribution in [2.75, 3.05) is 20.3 Å². The molecule has 1 rings (SSSR count). The summed E-state index contributed by atoms with van der Waals surface area (Å²) in [5, 5.41) is 2.93. The molecule has 0 spiro atoms. The molecule has 1 N–H and O–H groups in total. The molecule has 1 aliphatic heterocycles. The third kappa shape index (κ3) is 3.95. The number of nitrogens with zero attached hydrogens (tertiary/aromatic N) is 1. The molecule has 3 amide bonds. The van der Waals surface area contributed by atoms with Crippen LogP contribution < -0.4 is 5.32 Å². The fourth-order valence-electron chi connectivity index (χ4n) is 2.89. The fourth-order valence-corrected chi connectivity index (χ4v) is 2.89. The summed E-state index contributed by atoms with van der Waals surface area (Å²) in [6.45, 7) is 5.34. The van der Waals surface area contributed by atoms with Gasteiger partial charge in [0, 0.05) is 20.3 Å². The molecule has 5 nitrogen and oxygen atoms in total. The third-order valence-electron chi connectivity index (χ3n) is 3.83. The van der Waals surface area contributed by atoms with Gasteiger partial charge in [0.15, 0.2) is 0 Å². The van der Waals surface area contributed by atoms with Gasteiger partial charge in [-0.3, -0.25) is 9.69 Å². The van der Waals surface area contributed by atoms with Gasteiger partial charge in [-0.1, -0.05) is 26.7 Å². The number of nitrogens with one attached hydrogen (secondary N) is 1. The average Bonchev–Trinajstić information content (AvgIpc) is 2.63. The molecule has 0 aromatic heterocycles. The van der Waals surface area contributed by atoms with Crippen LogP contribution in [-0.4, -0.2) is 42.6 Å². The number of amides is 3. The highest BCUT2D eigenvalue weighted by Gasteiger charge is 2.49. The molecule has 0 aliphatic carbocycles. The molecular formula is C15H28N2O3. The van der Waals surface area contributed by atoms with Crippen LogP contribution in [0.25, 0.3) is 0 Å². The van der Waals surface area contributed by atoms with E-state index in [4.69, 9.17) is 4.74 Å². The van der Waals surface area contributed by atoms with E-state index >= 15 is 0 Å². The zero-order valence-corrected chi connectivity index (χ0v) is 13.0. The second-order valence-corrected chi connectivity index (χ2v) is 5.52. The standard InChI is InChI=1S/C15H28N2O3/c1-4-9-15(10-5-2)13(18)17(14(19)16-15)11-7-6-8-12-20-3/h4-12H2,1-3H3,(H,16,19). The first-order valence-electron chi connectivity index (χ1n) is 7.74. The van der Waals surface area contributed by atoms with Crippen LogP contribution >= 0.6 is 0 Å². The SMILES string of the molecule is CCCC1(CCC)NC(=O)N(CCCCCOC)C1=O. The first kappa shape index (κ1) is 17.0. The third-order valence-corrected chi connectivity index (χ3v) is 3.83. The van der Waals surface area contributed by atoms with Crippen LogP contribution in [0.4, 0.5) is 4.79 Å². The number of carbonyl (C=O) groups excluding carboxylic acids is 2. The molecule has 1 saturated heterocycles. The molecule has 1 aliphatic rings. The molecule has 116 valence electrons. The van der Waals surface area contributed by atoms with Crippen molar-refractivity contribution in [3.05, 3.63) is 0 Å². The molecule has 0 radical (unpaired) electrons. The van der Waals surface area contributed by atoms with Crippen LogP contribution in [0.5, 0.6) is 0 Å². The van der Waals surface area contributed by atoms with Crippen molar-refractivity contribution < 1.29 is 14.3 Å². The van der Waals surface area contributed by atoms with Crippen LogP contribution in [-0.2, 0) is 9.53 Å². The Kier molecular flexibility index (Phi) is 6.99. The molecule has 0 unspecified atom stereocenters. The van der Waals surface area contributed by atoms with E-state index in [0.717, 1.165) is 51.6 Å². The minimum absolute atomic E-state index is 0.0297. The molecule has 0 aromatic rings. The summed E-state index contributed by atoms with van der Waals surface area (Å²) in [4.78, 5) is 26.0. The van der Waals surface area contributed by atoms with Gasteiger partial charge in [-0.15, -0.1) is 0 Å². The lowest BCUT2D eigenvalue weighted by molar-refractivity contribution is -0.131. The van der Waals surface area contributed by atoms with Crippen LogP contribution in [0.2, 0.25) is 0 Å². The Hall–Kier alpha value is -1.10. The highest BCUT2D eigenvalue weighted by molar-refractivity contribution is 6.07. The zero-order chi connectivity index (χ0) is 15.0. The normalized spacial score (nSPS) is 17.6. The van der Waals surface area contributed by atoms with Crippen molar-refractivity contribution in [1.29, 1.82) is 0 Å². The van der Waals surface area contributed by atoms with Gasteiger partial charge in [0.25, 0.3) is 5.91 Å². The zero-order valence-electron chi connectivity index (χ0n) is 13.0. The van der Waals surface area contributed by atoms with E-state index in [1.165, 1.54) is 4.90 Å². The minimum atomic E-state index is -0.646. The summed E-state index contributed by atoms with van der Waals surface area (Å²) in [6, 6.07) is -0.219. The van der Waals surface area contributed by atoms with E-state index < -0.39 is 5.54 Å². The average molecular weight is 284 g/mol. The number of hydrogen-bond acceptors (Lipinski definition) is 3. The molecule has 0 atom stereocenters. The van der Waals surface area contributed by atoms with E-state index in [1.807, 2.05) is 13.8 Å². The lowest BCUT2D eigenvalue weighted by Crippen LogP contribution is -2.46. The highest BCUT2D eigenvalue weighted by atomic mass is 16.5. The number of imide groups is 1. The number of hydrogen-bond donors (Lipinski definition) is 1. The Bertz CT molecular complexity index is 325. The summed E-state index contributed by atoms with van der Waals surface area (Å²) < 4.78 is 4.99. The van der Waals surface area contributed by atoms with Gasteiger partial charge >= 0.3 is 6.03 Å². The number of urea groups is 1. The number of rotatable bonds is 10.